The van der Waals surface area contributed by atoms with E-state index in [4.69, 9.17) is 4.42 Å². The quantitative estimate of drug-likeness (QED) is 0.901. The average molecular weight is 306 g/mol. The molecule has 2 unspecified atom stereocenters. The van der Waals surface area contributed by atoms with Crippen LogP contribution >= 0.6 is 0 Å². The largest absolute Gasteiger partial charge is 0.481 e. The van der Waals surface area contributed by atoms with Crippen molar-refractivity contribution in [1.29, 1.82) is 0 Å². The summed E-state index contributed by atoms with van der Waals surface area (Å²) in [5, 5.41) is 9.72. The van der Waals surface area contributed by atoms with Crippen LogP contribution in [-0.2, 0) is 16.0 Å². The molecule has 2 fully saturated rings. The number of carboxylic acids is 1. The molecule has 0 bridgehead atoms. The summed E-state index contributed by atoms with van der Waals surface area (Å²) in [7, 11) is 1.95. The number of hydrogen-bond donors (Lipinski definition) is 1. The molecular formula is C16H22N2O4. The number of piperidine rings is 1. The minimum Gasteiger partial charge on any atom is -0.481 e. The van der Waals surface area contributed by atoms with E-state index in [2.05, 4.69) is 4.90 Å². The van der Waals surface area contributed by atoms with E-state index in [0.29, 0.717) is 32.5 Å². The predicted molar refractivity (Wildman–Crippen MR) is 79.3 cm³/mol. The highest BCUT2D eigenvalue weighted by atomic mass is 16.4. The third kappa shape index (κ3) is 2.63. The van der Waals surface area contributed by atoms with E-state index in [-0.39, 0.29) is 11.8 Å². The van der Waals surface area contributed by atoms with Gasteiger partial charge >= 0.3 is 5.97 Å². The second-order valence-electron chi connectivity index (χ2n) is 6.54. The van der Waals surface area contributed by atoms with E-state index in [0.717, 1.165) is 18.7 Å². The van der Waals surface area contributed by atoms with Gasteiger partial charge in [-0.05, 0) is 38.1 Å². The molecule has 3 rings (SSSR count). The lowest BCUT2D eigenvalue weighted by atomic mass is 9.73. The Morgan fingerprint density at radius 3 is 2.95 bits per heavy atom. The highest BCUT2D eigenvalue weighted by Crippen LogP contribution is 2.42. The Morgan fingerprint density at radius 1 is 1.45 bits per heavy atom. The molecule has 1 N–H and O–H groups in total. The van der Waals surface area contributed by atoms with E-state index in [1.807, 2.05) is 13.1 Å². The molecule has 120 valence electrons. The Hall–Kier alpha value is -1.82. The maximum atomic E-state index is 12.4. The fourth-order valence-corrected chi connectivity index (χ4v) is 3.80. The number of carbonyl (C=O) groups is 2. The molecular weight excluding hydrogens is 284 g/mol. The monoisotopic (exact) mass is 306 g/mol. The fraction of sp³-hybridized carbons (Fsp3) is 0.625. The van der Waals surface area contributed by atoms with Crippen molar-refractivity contribution in [1.82, 2.24) is 9.80 Å². The van der Waals surface area contributed by atoms with Gasteiger partial charge in [0.15, 0.2) is 0 Å². The summed E-state index contributed by atoms with van der Waals surface area (Å²) in [5.74, 6) is 0.103. The van der Waals surface area contributed by atoms with Crippen LogP contribution < -0.4 is 0 Å². The second-order valence-corrected chi connectivity index (χ2v) is 6.54. The third-order valence-electron chi connectivity index (χ3n) is 5.05. The average Bonchev–Trinajstić information content (AvgIpc) is 3.11. The summed E-state index contributed by atoms with van der Waals surface area (Å²) in [5.41, 5.74) is -0.798. The van der Waals surface area contributed by atoms with Gasteiger partial charge in [-0.2, -0.15) is 0 Å². The zero-order chi connectivity index (χ0) is 15.7. The number of carbonyl (C=O) groups excluding carboxylic acids is 1. The van der Waals surface area contributed by atoms with Crippen LogP contribution in [-0.4, -0.2) is 60.0 Å². The van der Waals surface area contributed by atoms with Gasteiger partial charge < -0.3 is 19.3 Å². The number of amides is 1. The summed E-state index contributed by atoms with van der Waals surface area (Å²) in [6.07, 6.45) is 3.36. The van der Waals surface area contributed by atoms with Crippen molar-refractivity contribution in [2.75, 3.05) is 33.2 Å². The second kappa shape index (κ2) is 5.76. The molecule has 2 aliphatic rings. The van der Waals surface area contributed by atoms with Crippen LogP contribution in [0.15, 0.2) is 22.8 Å². The van der Waals surface area contributed by atoms with E-state index in [1.165, 1.54) is 0 Å². The molecule has 0 radical (unpaired) electrons. The molecule has 0 aromatic carbocycles. The van der Waals surface area contributed by atoms with Crippen LogP contribution in [0.1, 0.15) is 18.6 Å². The van der Waals surface area contributed by atoms with Gasteiger partial charge in [0, 0.05) is 32.5 Å². The number of furan rings is 1. The third-order valence-corrected chi connectivity index (χ3v) is 5.05. The highest BCUT2D eigenvalue weighted by Gasteiger charge is 2.55. The lowest BCUT2D eigenvalue weighted by molar-refractivity contribution is -0.154. The van der Waals surface area contributed by atoms with Crippen LogP contribution in [0.5, 0.6) is 0 Å². The zero-order valence-electron chi connectivity index (χ0n) is 12.8. The molecule has 2 saturated heterocycles. The number of carboxylic acid groups (broad SMARTS) is 1. The Morgan fingerprint density at radius 2 is 2.27 bits per heavy atom. The number of nitrogens with zero attached hydrogens (tertiary/aromatic N) is 2. The van der Waals surface area contributed by atoms with Gasteiger partial charge in [-0.25, -0.2) is 0 Å². The molecule has 1 aromatic rings. The van der Waals surface area contributed by atoms with Gasteiger partial charge in [0.25, 0.3) is 0 Å². The molecule has 2 aliphatic heterocycles. The smallest absolute Gasteiger partial charge is 0.313 e. The van der Waals surface area contributed by atoms with Crippen molar-refractivity contribution in [2.24, 2.45) is 11.3 Å². The van der Waals surface area contributed by atoms with Gasteiger partial charge in [0.05, 0.1) is 6.26 Å². The van der Waals surface area contributed by atoms with Crippen LogP contribution in [0.25, 0.3) is 0 Å². The molecule has 6 heteroatoms. The minimum absolute atomic E-state index is 0.0223. The number of likely N-dealkylation sites (tertiary alicyclic amines) is 2. The number of aryl methyl sites for hydroxylation is 1. The normalized spacial score (nSPS) is 28.6. The molecule has 2 atom stereocenters. The molecule has 1 aromatic heterocycles. The van der Waals surface area contributed by atoms with Crippen molar-refractivity contribution in [3.05, 3.63) is 24.2 Å². The Labute approximate surface area is 129 Å². The standard InChI is InChI=1S/C16H22N2O4/c1-17-7-6-12-9-18(11-16(12,10-17)15(20)21)14(19)5-4-13-3-2-8-22-13/h2-3,8,12H,4-7,9-11H2,1H3,(H,20,21). The van der Waals surface area contributed by atoms with Gasteiger partial charge in [0.1, 0.15) is 11.2 Å². The van der Waals surface area contributed by atoms with Crippen LogP contribution in [0, 0.1) is 11.3 Å². The van der Waals surface area contributed by atoms with Crippen molar-refractivity contribution in [3.8, 4) is 0 Å². The van der Waals surface area contributed by atoms with Crippen LogP contribution in [0.4, 0.5) is 0 Å². The zero-order valence-corrected chi connectivity index (χ0v) is 12.8. The molecule has 0 saturated carbocycles. The molecule has 3 heterocycles. The number of hydrogen-bond acceptors (Lipinski definition) is 4. The number of aliphatic carboxylic acids is 1. The fourth-order valence-electron chi connectivity index (χ4n) is 3.80. The van der Waals surface area contributed by atoms with Gasteiger partial charge in [-0.1, -0.05) is 0 Å². The molecule has 22 heavy (non-hydrogen) atoms. The van der Waals surface area contributed by atoms with Crippen LogP contribution in [0.2, 0.25) is 0 Å². The summed E-state index contributed by atoms with van der Waals surface area (Å²) in [4.78, 5) is 28.0. The molecule has 0 spiro atoms. The van der Waals surface area contributed by atoms with Crippen molar-refractivity contribution >= 4 is 11.9 Å². The van der Waals surface area contributed by atoms with Crippen molar-refractivity contribution in [2.45, 2.75) is 19.3 Å². The maximum Gasteiger partial charge on any atom is 0.313 e. The summed E-state index contributed by atoms with van der Waals surface area (Å²) < 4.78 is 5.24. The summed E-state index contributed by atoms with van der Waals surface area (Å²) in [6.45, 7) is 2.31. The van der Waals surface area contributed by atoms with Crippen LogP contribution in [0.3, 0.4) is 0 Å². The van der Waals surface area contributed by atoms with E-state index >= 15 is 0 Å². The first-order valence-electron chi connectivity index (χ1n) is 7.73. The Balaban J connectivity index is 1.66. The highest BCUT2D eigenvalue weighted by molar-refractivity contribution is 5.81. The topological polar surface area (TPSA) is 74.0 Å². The van der Waals surface area contributed by atoms with E-state index < -0.39 is 11.4 Å². The summed E-state index contributed by atoms with van der Waals surface area (Å²) in [6, 6.07) is 3.66. The first-order valence-corrected chi connectivity index (χ1v) is 7.73. The Kier molecular flexibility index (Phi) is 3.95. The van der Waals surface area contributed by atoms with Crippen molar-refractivity contribution in [3.63, 3.8) is 0 Å². The maximum absolute atomic E-state index is 12.4. The van der Waals surface area contributed by atoms with E-state index in [9.17, 15) is 14.7 Å². The van der Waals surface area contributed by atoms with Crippen molar-refractivity contribution < 1.29 is 19.1 Å². The van der Waals surface area contributed by atoms with E-state index in [1.54, 1.807) is 17.2 Å². The summed E-state index contributed by atoms with van der Waals surface area (Å²) >= 11 is 0. The number of rotatable bonds is 4. The molecule has 1 amide bonds. The van der Waals surface area contributed by atoms with Gasteiger partial charge in [0.2, 0.25) is 5.91 Å². The Bertz CT molecular complexity index is 557. The molecule has 0 aliphatic carbocycles. The lowest BCUT2D eigenvalue weighted by Crippen LogP contribution is -2.52. The van der Waals surface area contributed by atoms with Gasteiger partial charge in [-0.3, -0.25) is 9.59 Å². The molecule has 6 nitrogen and oxygen atoms in total. The minimum atomic E-state index is -0.798. The first-order chi connectivity index (χ1) is 10.5. The lowest BCUT2D eigenvalue weighted by Gasteiger charge is -2.39. The predicted octanol–water partition coefficient (Wildman–Crippen LogP) is 1.08. The first kappa shape index (κ1) is 15.1. The number of fused-ring (bicyclic) bond motifs is 1. The van der Waals surface area contributed by atoms with Gasteiger partial charge in [-0.15, -0.1) is 0 Å². The SMILES string of the molecule is CN1CCC2CN(C(=O)CCc3ccco3)CC2(C(=O)O)C1.